The molecule has 3 rings (SSSR count). The van der Waals surface area contributed by atoms with Crippen molar-refractivity contribution in [2.45, 2.75) is 19.3 Å². The summed E-state index contributed by atoms with van der Waals surface area (Å²) >= 11 is 0. The van der Waals surface area contributed by atoms with Gasteiger partial charge in [0.1, 0.15) is 0 Å². The summed E-state index contributed by atoms with van der Waals surface area (Å²) in [5.74, 6) is 0.825. The standard InChI is InChI=1S/C23H25N3O4/c1-29-20-8-5-18(15-21(20)30-2)23(28)26-13-10-17(11-14-26)22(27)25-19-6-3-16(4-7-19)9-12-24/h3-8,15,17H,9-11,13-14H2,1-2H3,(H,25,27). The van der Waals surface area contributed by atoms with E-state index in [1.54, 1.807) is 42.3 Å². The third kappa shape index (κ3) is 4.90. The molecule has 30 heavy (non-hydrogen) atoms. The van der Waals surface area contributed by atoms with Crippen molar-refractivity contribution in [1.82, 2.24) is 4.90 Å². The minimum absolute atomic E-state index is 0.0405. The molecule has 1 fully saturated rings. The number of amides is 2. The molecule has 2 aromatic rings. The molecule has 1 heterocycles. The number of likely N-dealkylation sites (tertiary alicyclic amines) is 1. The first-order valence-corrected chi connectivity index (χ1v) is 9.83. The van der Waals surface area contributed by atoms with Gasteiger partial charge in [0.15, 0.2) is 11.5 Å². The number of carbonyl (C=O) groups excluding carboxylic acids is 2. The van der Waals surface area contributed by atoms with Gasteiger partial charge in [-0.25, -0.2) is 0 Å². The summed E-state index contributed by atoms with van der Waals surface area (Å²) in [5, 5.41) is 11.7. The highest BCUT2D eigenvalue weighted by molar-refractivity contribution is 5.96. The van der Waals surface area contributed by atoms with Crippen molar-refractivity contribution in [3.8, 4) is 17.6 Å². The predicted octanol–water partition coefficient (Wildman–Crippen LogP) is 3.26. The van der Waals surface area contributed by atoms with Gasteiger partial charge < -0.3 is 19.7 Å². The van der Waals surface area contributed by atoms with E-state index in [1.165, 1.54) is 7.11 Å². The van der Waals surface area contributed by atoms with Crippen LogP contribution in [0.2, 0.25) is 0 Å². The van der Waals surface area contributed by atoms with Crippen molar-refractivity contribution in [1.29, 1.82) is 5.26 Å². The molecule has 0 unspecified atom stereocenters. The molecule has 7 heteroatoms. The van der Waals surface area contributed by atoms with E-state index < -0.39 is 0 Å². The number of ether oxygens (including phenoxy) is 2. The van der Waals surface area contributed by atoms with Crippen molar-refractivity contribution >= 4 is 17.5 Å². The summed E-state index contributed by atoms with van der Waals surface area (Å²) in [5.41, 5.74) is 2.16. The Morgan fingerprint density at radius 2 is 1.73 bits per heavy atom. The van der Waals surface area contributed by atoms with Gasteiger partial charge in [0.05, 0.1) is 26.7 Å². The zero-order chi connectivity index (χ0) is 21.5. The lowest BCUT2D eigenvalue weighted by atomic mass is 9.95. The average Bonchev–Trinajstić information content (AvgIpc) is 2.79. The van der Waals surface area contributed by atoms with Gasteiger partial charge in [0.2, 0.25) is 5.91 Å². The summed E-state index contributed by atoms with van der Waals surface area (Å²) in [6, 6.07) is 14.5. The van der Waals surface area contributed by atoms with Gasteiger partial charge in [-0.15, -0.1) is 0 Å². The fourth-order valence-electron chi connectivity index (χ4n) is 3.54. The Kier molecular flexibility index (Phi) is 6.91. The van der Waals surface area contributed by atoms with Crippen LogP contribution in [0.15, 0.2) is 42.5 Å². The van der Waals surface area contributed by atoms with E-state index in [-0.39, 0.29) is 17.7 Å². The summed E-state index contributed by atoms with van der Waals surface area (Å²) in [7, 11) is 3.09. The number of rotatable bonds is 6. The SMILES string of the molecule is COc1ccc(C(=O)N2CCC(C(=O)Nc3ccc(CC#N)cc3)CC2)cc1OC. The van der Waals surface area contributed by atoms with Crippen LogP contribution in [0.3, 0.4) is 0 Å². The van der Waals surface area contributed by atoms with Crippen LogP contribution in [-0.2, 0) is 11.2 Å². The lowest BCUT2D eigenvalue weighted by Gasteiger charge is -2.31. The Morgan fingerprint density at radius 3 is 2.33 bits per heavy atom. The summed E-state index contributed by atoms with van der Waals surface area (Å²) in [6.07, 6.45) is 1.57. The van der Waals surface area contributed by atoms with Crippen LogP contribution in [-0.4, -0.2) is 44.0 Å². The summed E-state index contributed by atoms with van der Waals surface area (Å²) < 4.78 is 10.5. The van der Waals surface area contributed by atoms with E-state index in [1.807, 2.05) is 12.1 Å². The van der Waals surface area contributed by atoms with Crippen LogP contribution in [0.5, 0.6) is 11.5 Å². The molecule has 0 atom stereocenters. The molecule has 0 aromatic heterocycles. The lowest BCUT2D eigenvalue weighted by Crippen LogP contribution is -2.41. The topological polar surface area (TPSA) is 91.7 Å². The largest absolute Gasteiger partial charge is 0.493 e. The number of nitrogens with one attached hydrogen (secondary N) is 1. The Bertz CT molecular complexity index is 942. The molecule has 2 amide bonds. The number of carbonyl (C=O) groups is 2. The average molecular weight is 407 g/mol. The predicted molar refractivity (Wildman–Crippen MR) is 113 cm³/mol. The van der Waals surface area contributed by atoms with E-state index in [0.717, 1.165) is 5.56 Å². The Morgan fingerprint density at radius 1 is 1.07 bits per heavy atom. The van der Waals surface area contributed by atoms with E-state index in [2.05, 4.69) is 11.4 Å². The second kappa shape index (κ2) is 9.79. The van der Waals surface area contributed by atoms with Crippen molar-refractivity contribution in [2.24, 2.45) is 5.92 Å². The monoisotopic (exact) mass is 407 g/mol. The lowest BCUT2D eigenvalue weighted by molar-refractivity contribution is -0.121. The quantitative estimate of drug-likeness (QED) is 0.794. The Hall–Kier alpha value is -3.53. The van der Waals surface area contributed by atoms with Gasteiger partial charge >= 0.3 is 0 Å². The van der Waals surface area contributed by atoms with Gasteiger partial charge in [-0.1, -0.05) is 12.1 Å². The van der Waals surface area contributed by atoms with E-state index in [0.29, 0.717) is 55.1 Å². The van der Waals surface area contributed by atoms with E-state index in [4.69, 9.17) is 14.7 Å². The van der Waals surface area contributed by atoms with Crippen molar-refractivity contribution < 1.29 is 19.1 Å². The zero-order valence-corrected chi connectivity index (χ0v) is 17.2. The molecule has 156 valence electrons. The van der Waals surface area contributed by atoms with Gasteiger partial charge in [-0.2, -0.15) is 5.26 Å². The molecular weight excluding hydrogens is 382 g/mol. The number of anilines is 1. The minimum Gasteiger partial charge on any atom is -0.493 e. The van der Waals surface area contributed by atoms with E-state index in [9.17, 15) is 9.59 Å². The maximum absolute atomic E-state index is 12.8. The summed E-state index contributed by atoms with van der Waals surface area (Å²) in [6.45, 7) is 1.04. The van der Waals surface area contributed by atoms with Crippen LogP contribution < -0.4 is 14.8 Å². The van der Waals surface area contributed by atoms with Crippen LogP contribution in [0.25, 0.3) is 0 Å². The number of methoxy groups -OCH3 is 2. The Labute approximate surface area is 176 Å². The molecule has 0 saturated carbocycles. The van der Waals surface area contributed by atoms with Crippen molar-refractivity contribution in [2.75, 3.05) is 32.6 Å². The van der Waals surface area contributed by atoms with Crippen molar-refractivity contribution in [3.05, 3.63) is 53.6 Å². The van der Waals surface area contributed by atoms with Gasteiger partial charge in [-0.3, -0.25) is 9.59 Å². The van der Waals surface area contributed by atoms with Crippen LogP contribution in [0.1, 0.15) is 28.8 Å². The third-order valence-corrected chi connectivity index (χ3v) is 5.29. The van der Waals surface area contributed by atoms with Crippen LogP contribution in [0, 0.1) is 17.2 Å². The highest BCUT2D eigenvalue weighted by Gasteiger charge is 2.28. The number of hydrogen-bond donors (Lipinski definition) is 1. The second-order valence-electron chi connectivity index (χ2n) is 7.16. The Balaban J connectivity index is 1.55. The second-order valence-corrected chi connectivity index (χ2v) is 7.16. The first kappa shape index (κ1) is 21.2. The minimum atomic E-state index is -0.141. The molecular formula is C23H25N3O4. The van der Waals surface area contributed by atoms with E-state index >= 15 is 0 Å². The molecule has 0 radical (unpaired) electrons. The van der Waals surface area contributed by atoms with Gasteiger partial charge in [-0.05, 0) is 48.7 Å². The number of nitrogens with zero attached hydrogens (tertiary/aromatic N) is 2. The molecule has 2 aromatic carbocycles. The first-order chi connectivity index (χ1) is 14.5. The summed E-state index contributed by atoms with van der Waals surface area (Å²) in [4.78, 5) is 27.2. The zero-order valence-electron chi connectivity index (χ0n) is 17.2. The highest BCUT2D eigenvalue weighted by atomic mass is 16.5. The molecule has 1 saturated heterocycles. The van der Waals surface area contributed by atoms with Crippen molar-refractivity contribution in [3.63, 3.8) is 0 Å². The maximum Gasteiger partial charge on any atom is 0.253 e. The molecule has 0 bridgehead atoms. The van der Waals surface area contributed by atoms with Crippen LogP contribution >= 0.6 is 0 Å². The molecule has 0 aliphatic carbocycles. The number of nitriles is 1. The fraction of sp³-hybridized carbons (Fsp3) is 0.348. The third-order valence-electron chi connectivity index (χ3n) is 5.29. The fourth-order valence-corrected chi connectivity index (χ4v) is 3.54. The van der Waals surface area contributed by atoms with Gasteiger partial charge in [0, 0.05) is 30.3 Å². The first-order valence-electron chi connectivity index (χ1n) is 9.83. The number of hydrogen-bond acceptors (Lipinski definition) is 5. The molecule has 1 aliphatic heterocycles. The number of benzene rings is 2. The highest BCUT2D eigenvalue weighted by Crippen LogP contribution is 2.29. The normalized spacial score (nSPS) is 14.0. The maximum atomic E-state index is 12.8. The molecule has 1 N–H and O–H groups in total. The molecule has 7 nitrogen and oxygen atoms in total. The van der Waals surface area contributed by atoms with Gasteiger partial charge in [0.25, 0.3) is 5.91 Å². The number of piperidine rings is 1. The molecule has 0 spiro atoms. The smallest absolute Gasteiger partial charge is 0.253 e. The van der Waals surface area contributed by atoms with Crippen LogP contribution in [0.4, 0.5) is 5.69 Å². The molecule has 1 aliphatic rings.